The molecule has 0 radical (unpaired) electrons. The standard InChI is InChI=1S/C20H18Cl2N4O2/c1-12(25-20(28)15-3-2-4-16(21)18(15)22)19(27)23-11-13-5-7-14(8-6-13)17-9-10-24-26-17/h2-10,12H,11H2,1H3,(H,23,27)(H,24,26)(H,25,28). The lowest BCUT2D eigenvalue weighted by Gasteiger charge is -2.15. The number of H-pyrrole nitrogens is 1. The van der Waals surface area contributed by atoms with Crippen LogP contribution in [0.1, 0.15) is 22.8 Å². The number of amides is 2. The Balaban J connectivity index is 1.54. The molecule has 0 aliphatic heterocycles. The topological polar surface area (TPSA) is 86.9 Å². The minimum atomic E-state index is -0.730. The van der Waals surface area contributed by atoms with Crippen LogP contribution in [0, 0.1) is 0 Å². The van der Waals surface area contributed by atoms with Gasteiger partial charge in [-0.3, -0.25) is 14.7 Å². The first-order valence-corrected chi connectivity index (χ1v) is 9.32. The maximum absolute atomic E-state index is 12.3. The average molecular weight is 417 g/mol. The van der Waals surface area contributed by atoms with Crippen LogP contribution in [0.4, 0.5) is 0 Å². The van der Waals surface area contributed by atoms with Gasteiger partial charge in [0.25, 0.3) is 5.91 Å². The molecule has 0 spiro atoms. The smallest absolute Gasteiger partial charge is 0.253 e. The second-order valence-electron chi connectivity index (χ2n) is 6.18. The molecule has 3 aromatic rings. The Labute approximate surface area is 172 Å². The molecule has 28 heavy (non-hydrogen) atoms. The third-order valence-corrected chi connectivity index (χ3v) is 4.99. The summed E-state index contributed by atoms with van der Waals surface area (Å²) in [5.74, 6) is -0.761. The molecule has 1 aromatic heterocycles. The first kappa shape index (κ1) is 19.9. The largest absolute Gasteiger partial charge is 0.350 e. The maximum atomic E-state index is 12.3. The average Bonchev–Trinajstić information content (AvgIpc) is 3.23. The van der Waals surface area contributed by atoms with E-state index in [1.807, 2.05) is 30.3 Å². The van der Waals surface area contributed by atoms with Crippen molar-refractivity contribution < 1.29 is 9.59 Å². The highest BCUT2D eigenvalue weighted by atomic mass is 35.5. The van der Waals surface area contributed by atoms with Gasteiger partial charge in [0.15, 0.2) is 0 Å². The van der Waals surface area contributed by atoms with E-state index < -0.39 is 11.9 Å². The van der Waals surface area contributed by atoms with Crippen LogP contribution in [0.5, 0.6) is 0 Å². The van der Waals surface area contributed by atoms with Crippen molar-refractivity contribution in [3.05, 3.63) is 75.9 Å². The molecule has 6 nitrogen and oxygen atoms in total. The first-order chi connectivity index (χ1) is 13.5. The normalized spacial score (nSPS) is 11.7. The van der Waals surface area contributed by atoms with E-state index in [4.69, 9.17) is 23.2 Å². The van der Waals surface area contributed by atoms with Crippen LogP contribution >= 0.6 is 23.2 Å². The molecule has 0 aliphatic rings. The van der Waals surface area contributed by atoms with Gasteiger partial charge in [0.1, 0.15) is 6.04 Å². The molecule has 3 N–H and O–H groups in total. The van der Waals surface area contributed by atoms with E-state index in [2.05, 4.69) is 20.8 Å². The molecular formula is C20H18Cl2N4O2. The number of rotatable bonds is 6. The van der Waals surface area contributed by atoms with Crippen molar-refractivity contribution in [3.63, 3.8) is 0 Å². The van der Waals surface area contributed by atoms with Crippen LogP contribution in [-0.2, 0) is 11.3 Å². The van der Waals surface area contributed by atoms with Gasteiger partial charge >= 0.3 is 0 Å². The summed E-state index contributed by atoms with van der Waals surface area (Å²) in [6, 6.07) is 13.7. The minimum absolute atomic E-state index is 0.159. The highest BCUT2D eigenvalue weighted by molar-refractivity contribution is 6.43. The van der Waals surface area contributed by atoms with E-state index in [0.717, 1.165) is 16.8 Å². The molecule has 144 valence electrons. The van der Waals surface area contributed by atoms with Crippen LogP contribution in [0.15, 0.2) is 54.7 Å². The number of hydrogen-bond donors (Lipinski definition) is 3. The highest BCUT2D eigenvalue weighted by Gasteiger charge is 2.19. The number of carbonyl (C=O) groups excluding carboxylic acids is 2. The summed E-state index contributed by atoms with van der Waals surface area (Å²) in [4.78, 5) is 24.6. The van der Waals surface area contributed by atoms with Crippen LogP contribution < -0.4 is 10.6 Å². The fourth-order valence-corrected chi connectivity index (χ4v) is 2.97. The van der Waals surface area contributed by atoms with E-state index in [9.17, 15) is 9.59 Å². The zero-order valence-corrected chi connectivity index (χ0v) is 16.5. The Morgan fingerprint density at radius 2 is 1.86 bits per heavy atom. The summed E-state index contributed by atoms with van der Waals surface area (Å²) in [6.07, 6.45) is 1.69. The quantitative estimate of drug-likeness (QED) is 0.570. The SMILES string of the molecule is CC(NC(=O)c1cccc(Cl)c1Cl)C(=O)NCc1ccc(-c2ccn[nH]2)cc1. The Morgan fingerprint density at radius 3 is 2.54 bits per heavy atom. The minimum Gasteiger partial charge on any atom is -0.350 e. The predicted molar refractivity (Wildman–Crippen MR) is 109 cm³/mol. The molecule has 0 fully saturated rings. The number of hydrogen-bond acceptors (Lipinski definition) is 3. The van der Waals surface area contributed by atoms with Crippen LogP contribution in [0.25, 0.3) is 11.3 Å². The fourth-order valence-electron chi connectivity index (χ4n) is 2.58. The van der Waals surface area contributed by atoms with Crippen molar-refractivity contribution in [3.8, 4) is 11.3 Å². The third-order valence-electron chi connectivity index (χ3n) is 4.17. The van der Waals surface area contributed by atoms with Gasteiger partial charge in [0.2, 0.25) is 5.91 Å². The van der Waals surface area contributed by atoms with E-state index in [-0.39, 0.29) is 21.5 Å². The molecule has 2 aromatic carbocycles. The second kappa shape index (κ2) is 8.91. The Hall–Kier alpha value is -2.83. The summed E-state index contributed by atoms with van der Waals surface area (Å²) in [5.41, 5.74) is 3.09. The molecule has 0 saturated heterocycles. The number of nitrogens with zero attached hydrogens (tertiary/aromatic N) is 1. The monoisotopic (exact) mass is 416 g/mol. The lowest BCUT2D eigenvalue weighted by Crippen LogP contribution is -2.44. The van der Waals surface area contributed by atoms with Gasteiger partial charge in [0.05, 0.1) is 21.3 Å². The van der Waals surface area contributed by atoms with Crippen molar-refractivity contribution in [1.29, 1.82) is 0 Å². The predicted octanol–water partition coefficient (Wildman–Crippen LogP) is 3.82. The molecule has 8 heteroatoms. The fraction of sp³-hybridized carbons (Fsp3) is 0.150. The van der Waals surface area contributed by atoms with Gasteiger partial charge in [-0.1, -0.05) is 53.5 Å². The summed E-state index contributed by atoms with van der Waals surface area (Å²) >= 11 is 12.0. The van der Waals surface area contributed by atoms with E-state index in [1.165, 1.54) is 0 Å². The zero-order valence-electron chi connectivity index (χ0n) is 15.0. The van der Waals surface area contributed by atoms with E-state index in [0.29, 0.717) is 6.54 Å². The van der Waals surface area contributed by atoms with Gasteiger partial charge in [0, 0.05) is 12.7 Å². The van der Waals surface area contributed by atoms with Crippen molar-refractivity contribution in [2.75, 3.05) is 0 Å². The molecule has 0 bridgehead atoms. The number of halogens is 2. The Bertz CT molecular complexity index is 972. The lowest BCUT2D eigenvalue weighted by atomic mass is 10.1. The van der Waals surface area contributed by atoms with Crippen LogP contribution in [0.2, 0.25) is 10.0 Å². The van der Waals surface area contributed by atoms with Gasteiger partial charge < -0.3 is 10.6 Å². The molecule has 0 aliphatic carbocycles. The van der Waals surface area contributed by atoms with Gasteiger partial charge in [-0.2, -0.15) is 5.10 Å². The maximum Gasteiger partial charge on any atom is 0.253 e. The summed E-state index contributed by atoms with van der Waals surface area (Å²) in [5, 5.41) is 12.7. The lowest BCUT2D eigenvalue weighted by molar-refractivity contribution is -0.122. The van der Waals surface area contributed by atoms with E-state index in [1.54, 1.807) is 31.3 Å². The van der Waals surface area contributed by atoms with Crippen molar-refractivity contribution in [1.82, 2.24) is 20.8 Å². The Morgan fingerprint density at radius 1 is 1.11 bits per heavy atom. The third kappa shape index (κ3) is 4.71. The Kier molecular flexibility index (Phi) is 6.34. The van der Waals surface area contributed by atoms with Crippen LogP contribution in [-0.4, -0.2) is 28.1 Å². The van der Waals surface area contributed by atoms with Crippen molar-refractivity contribution >= 4 is 35.0 Å². The molecule has 1 atom stereocenters. The second-order valence-corrected chi connectivity index (χ2v) is 6.97. The number of aromatic amines is 1. The number of nitrogens with one attached hydrogen (secondary N) is 3. The summed E-state index contributed by atoms with van der Waals surface area (Å²) in [7, 11) is 0. The molecule has 1 unspecified atom stereocenters. The van der Waals surface area contributed by atoms with Crippen molar-refractivity contribution in [2.45, 2.75) is 19.5 Å². The van der Waals surface area contributed by atoms with Crippen molar-refractivity contribution in [2.24, 2.45) is 0 Å². The molecule has 3 rings (SSSR count). The van der Waals surface area contributed by atoms with Gasteiger partial charge in [-0.05, 0) is 36.2 Å². The first-order valence-electron chi connectivity index (χ1n) is 8.57. The molecular weight excluding hydrogens is 399 g/mol. The van der Waals surface area contributed by atoms with Gasteiger partial charge in [-0.15, -0.1) is 0 Å². The van der Waals surface area contributed by atoms with Gasteiger partial charge in [-0.25, -0.2) is 0 Å². The number of benzene rings is 2. The zero-order chi connectivity index (χ0) is 20.1. The molecule has 2 amide bonds. The van der Waals surface area contributed by atoms with E-state index >= 15 is 0 Å². The molecule has 0 saturated carbocycles. The summed E-state index contributed by atoms with van der Waals surface area (Å²) < 4.78 is 0. The number of aromatic nitrogens is 2. The summed E-state index contributed by atoms with van der Waals surface area (Å²) in [6.45, 7) is 1.95. The molecule has 1 heterocycles. The van der Waals surface area contributed by atoms with Crippen LogP contribution in [0.3, 0.4) is 0 Å². The number of carbonyl (C=O) groups is 2. The highest BCUT2D eigenvalue weighted by Crippen LogP contribution is 2.25.